The van der Waals surface area contributed by atoms with Gasteiger partial charge < -0.3 is 5.32 Å². The minimum Gasteiger partial charge on any atom is -0.325 e. The Labute approximate surface area is 118 Å². The summed E-state index contributed by atoms with van der Waals surface area (Å²) in [5.74, 6) is 0.320. The first-order valence-electron chi connectivity index (χ1n) is 5.33. The molecule has 1 aromatic heterocycles. The number of thioether (sulfide) groups is 1. The van der Waals surface area contributed by atoms with E-state index in [-0.39, 0.29) is 5.91 Å². The number of aromatic nitrogens is 1. The zero-order valence-electron chi connectivity index (χ0n) is 9.47. The van der Waals surface area contributed by atoms with Crippen LogP contribution in [0.2, 0.25) is 0 Å². The van der Waals surface area contributed by atoms with Crippen molar-refractivity contribution in [2.24, 2.45) is 0 Å². The smallest absolute Gasteiger partial charge is 0.234 e. The Hall–Kier alpha value is -1.33. The Morgan fingerprint density at radius 1 is 1.22 bits per heavy atom. The van der Waals surface area contributed by atoms with E-state index in [0.717, 1.165) is 15.2 Å². The lowest BCUT2D eigenvalue weighted by Crippen LogP contribution is -2.13. The van der Waals surface area contributed by atoms with E-state index < -0.39 is 0 Å². The quantitative estimate of drug-likeness (QED) is 0.875. The Morgan fingerprint density at radius 2 is 2.00 bits per heavy atom. The van der Waals surface area contributed by atoms with E-state index in [1.807, 2.05) is 42.5 Å². The molecule has 3 nitrogen and oxygen atoms in total. The van der Waals surface area contributed by atoms with E-state index in [1.54, 1.807) is 6.20 Å². The van der Waals surface area contributed by atoms with Gasteiger partial charge in [-0.15, -0.1) is 0 Å². The summed E-state index contributed by atoms with van der Waals surface area (Å²) < 4.78 is 0.989. The number of carbonyl (C=O) groups is 1. The molecule has 2 aromatic rings. The largest absolute Gasteiger partial charge is 0.325 e. The number of anilines is 1. The summed E-state index contributed by atoms with van der Waals surface area (Å²) in [5, 5.41) is 3.68. The van der Waals surface area contributed by atoms with Gasteiger partial charge in [-0.25, -0.2) is 4.98 Å². The van der Waals surface area contributed by atoms with Gasteiger partial charge in [-0.05, 0) is 36.4 Å². The molecule has 2 rings (SSSR count). The molecule has 1 amide bonds. The molecule has 0 saturated carbocycles. The number of amides is 1. The van der Waals surface area contributed by atoms with Gasteiger partial charge in [0.05, 0.1) is 10.8 Å². The molecule has 0 atom stereocenters. The van der Waals surface area contributed by atoms with Crippen molar-refractivity contribution >= 4 is 39.3 Å². The fourth-order valence-corrected chi connectivity index (χ4v) is 2.23. The predicted molar refractivity (Wildman–Crippen MR) is 77.7 cm³/mol. The number of benzene rings is 1. The van der Waals surface area contributed by atoms with Gasteiger partial charge in [0.2, 0.25) is 5.91 Å². The van der Waals surface area contributed by atoms with Crippen LogP contribution in [0.5, 0.6) is 0 Å². The summed E-state index contributed by atoms with van der Waals surface area (Å²) in [6, 6.07) is 13.1. The van der Waals surface area contributed by atoms with E-state index in [1.165, 1.54) is 11.8 Å². The zero-order chi connectivity index (χ0) is 12.8. The number of pyridine rings is 1. The lowest BCUT2D eigenvalue weighted by molar-refractivity contribution is -0.113. The highest BCUT2D eigenvalue weighted by molar-refractivity contribution is 9.10. The lowest BCUT2D eigenvalue weighted by atomic mass is 10.3. The van der Waals surface area contributed by atoms with Crippen LogP contribution in [0.1, 0.15) is 0 Å². The Balaban J connectivity index is 1.84. The number of nitrogens with one attached hydrogen (secondary N) is 1. The van der Waals surface area contributed by atoms with Gasteiger partial charge >= 0.3 is 0 Å². The van der Waals surface area contributed by atoms with Crippen LogP contribution in [0.4, 0.5) is 5.69 Å². The zero-order valence-corrected chi connectivity index (χ0v) is 11.9. The van der Waals surface area contributed by atoms with Crippen LogP contribution in [0.15, 0.2) is 58.2 Å². The number of halogens is 1. The summed E-state index contributed by atoms with van der Waals surface area (Å²) in [5.41, 5.74) is 0.796. The normalized spacial score (nSPS) is 10.1. The highest BCUT2D eigenvalue weighted by Crippen LogP contribution is 2.16. The molecule has 1 N–H and O–H groups in total. The van der Waals surface area contributed by atoms with Crippen LogP contribution in [0.25, 0.3) is 0 Å². The average molecular weight is 323 g/mol. The molecule has 0 saturated heterocycles. The maximum atomic E-state index is 11.7. The SMILES string of the molecule is O=C(CSc1ccccn1)Nc1ccc(Br)cc1. The van der Waals surface area contributed by atoms with Gasteiger partial charge in [0.15, 0.2) is 0 Å². The van der Waals surface area contributed by atoms with Gasteiger partial charge in [0.25, 0.3) is 0 Å². The molecule has 1 heterocycles. The van der Waals surface area contributed by atoms with Crippen LogP contribution >= 0.6 is 27.7 Å². The first-order chi connectivity index (χ1) is 8.74. The third-order valence-corrected chi connectivity index (χ3v) is 3.59. The molecular weight excluding hydrogens is 312 g/mol. The van der Waals surface area contributed by atoms with Crippen molar-refractivity contribution in [3.05, 3.63) is 53.1 Å². The molecule has 0 radical (unpaired) electrons. The summed E-state index contributed by atoms with van der Waals surface area (Å²) >= 11 is 4.77. The summed E-state index contributed by atoms with van der Waals surface area (Å²) in [4.78, 5) is 15.8. The third kappa shape index (κ3) is 4.16. The van der Waals surface area contributed by atoms with E-state index in [4.69, 9.17) is 0 Å². The van der Waals surface area contributed by atoms with Crippen molar-refractivity contribution in [2.75, 3.05) is 11.1 Å². The van der Waals surface area contributed by atoms with Crippen LogP contribution < -0.4 is 5.32 Å². The molecule has 1 aromatic carbocycles. The lowest BCUT2D eigenvalue weighted by Gasteiger charge is -2.04. The Kier molecular flexibility index (Phi) is 4.78. The first kappa shape index (κ1) is 13.1. The number of nitrogens with zero attached hydrogens (tertiary/aromatic N) is 1. The standard InChI is InChI=1S/C13H11BrN2OS/c14-10-4-6-11(7-5-10)16-12(17)9-18-13-3-1-2-8-15-13/h1-8H,9H2,(H,16,17). The monoisotopic (exact) mass is 322 g/mol. The maximum Gasteiger partial charge on any atom is 0.234 e. The van der Waals surface area contributed by atoms with Crippen molar-refractivity contribution in [2.45, 2.75) is 5.03 Å². The number of rotatable bonds is 4. The van der Waals surface area contributed by atoms with Gasteiger partial charge in [-0.2, -0.15) is 0 Å². The fraction of sp³-hybridized carbons (Fsp3) is 0.0769. The molecule has 0 aliphatic heterocycles. The summed E-state index contributed by atoms with van der Waals surface area (Å²) in [7, 11) is 0. The minimum absolute atomic E-state index is 0.0343. The van der Waals surface area contributed by atoms with Crippen molar-refractivity contribution in [3.8, 4) is 0 Å². The molecule has 18 heavy (non-hydrogen) atoms. The van der Waals surface area contributed by atoms with Crippen molar-refractivity contribution < 1.29 is 4.79 Å². The van der Waals surface area contributed by atoms with Crippen LogP contribution in [0.3, 0.4) is 0 Å². The van der Waals surface area contributed by atoms with Crippen LogP contribution in [0, 0.1) is 0 Å². The van der Waals surface area contributed by atoms with Gasteiger partial charge in [0.1, 0.15) is 0 Å². The number of hydrogen-bond donors (Lipinski definition) is 1. The van der Waals surface area contributed by atoms with E-state index in [9.17, 15) is 4.79 Å². The van der Waals surface area contributed by atoms with E-state index >= 15 is 0 Å². The predicted octanol–water partition coefficient (Wildman–Crippen LogP) is 3.57. The van der Waals surface area contributed by atoms with Crippen molar-refractivity contribution in [3.63, 3.8) is 0 Å². The second kappa shape index (κ2) is 6.56. The van der Waals surface area contributed by atoms with E-state index in [0.29, 0.717) is 5.75 Å². The maximum absolute atomic E-state index is 11.7. The summed E-state index contributed by atoms with van der Waals surface area (Å²) in [6.45, 7) is 0. The van der Waals surface area contributed by atoms with Crippen molar-refractivity contribution in [1.29, 1.82) is 0 Å². The first-order valence-corrected chi connectivity index (χ1v) is 7.11. The highest BCUT2D eigenvalue weighted by Gasteiger charge is 2.03. The van der Waals surface area contributed by atoms with Gasteiger partial charge in [-0.3, -0.25) is 4.79 Å². The minimum atomic E-state index is -0.0343. The van der Waals surface area contributed by atoms with Gasteiger partial charge in [0, 0.05) is 16.4 Å². The highest BCUT2D eigenvalue weighted by atomic mass is 79.9. The second-order valence-electron chi connectivity index (χ2n) is 3.51. The molecular formula is C13H11BrN2OS. The molecule has 5 heteroatoms. The Bertz CT molecular complexity index is 516. The Morgan fingerprint density at radius 3 is 2.67 bits per heavy atom. The fourth-order valence-electron chi connectivity index (χ4n) is 1.30. The second-order valence-corrected chi connectivity index (χ2v) is 5.42. The topological polar surface area (TPSA) is 42.0 Å². The molecule has 0 aliphatic rings. The molecule has 92 valence electrons. The molecule has 0 unspecified atom stereocenters. The molecule has 0 spiro atoms. The van der Waals surface area contributed by atoms with Crippen LogP contribution in [-0.2, 0) is 4.79 Å². The van der Waals surface area contributed by atoms with Gasteiger partial charge in [-0.1, -0.05) is 33.8 Å². The summed E-state index contributed by atoms with van der Waals surface area (Å²) in [6.07, 6.45) is 1.72. The average Bonchev–Trinajstić information content (AvgIpc) is 2.40. The van der Waals surface area contributed by atoms with E-state index in [2.05, 4.69) is 26.2 Å². The van der Waals surface area contributed by atoms with Crippen LogP contribution in [-0.4, -0.2) is 16.6 Å². The number of hydrogen-bond acceptors (Lipinski definition) is 3. The molecule has 0 aliphatic carbocycles. The third-order valence-electron chi connectivity index (χ3n) is 2.12. The van der Waals surface area contributed by atoms with Crippen molar-refractivity contribution in [1.82, 2.24) is 4.98 Å². The molecule has 0 bridgehead atoms. The molecule has 0 fully saturated rings. The number of carbonyl (C=O) groups excluding carboxylic acids is 1.